The first-order chi connectivity index (χ1) is 17.7. The minimum atomic E-state index is -1.04. The molecule has 0 fully saturated rings. The highest BCUT2D eigenvalue weighted by atomic mass is 16.6. The number of aliphatic hydroxyl groups is 1. The van der Waals surface area contributed by atoms with Crippen LogP contribution in [-0.2, 0) is 14.3 Å². The van der Waals surface area contributed by atoms with Gasteiger partial charge in [-0.25, -0.2) is 4.79 Å². The zero-order valence-corrected chi connectivity index (χ0v) is 23.9. The first kappa shape index (κ1) is 30.8. The smallest absolute Gasteiger partial charge is 0.408 e. The molecular formula is C30H43N3O5. The first-order valence-corrected chi connectivity index (χ1v) is 13.1. The van der Waals surface area contributed by atoms with Gasteiger partial charge >= 0.3 is 6.09 Å². The van der Waals surface area contributed by atoms with Crippen molar-refractivity contribution in [1.29, 1.82) is 0 Å². The van der Waals surface area contributed by atoms with Gasteiger partial charge in [-0.1, -0.05) is 61.9 Å². The summed E-state index contributed by atoms with van der Waals surface area (Å²) in [4.78, 5) is 41.9. The molecule has 0 bridgehead atoms. The topological polar surface area (TPSA) is 108 Å². The van der Waals surface area contributed by atoms with Gasteiger partial charge in [-0.15, -0.1) is 0 Å². The number of carbonyl (C=O) groups excluding carboxylic acids is 3. The van der Waals surface area contributed by atoms with E-state index in [0.29, 0.717) is 17.7 Å². The van der Waals surface area contributed by atoms with Crippen molar-refractivity contribution in [1.82, 2.24) is 10.2 Å². The molecule has 0 aliphatic rings. The fraction of sp³-hybridized carbons (Fsp3) is 0.500. The number of benzene rings is 2. The Balaban J connectivity index is 2.54. The molecule has 2 unspecified atom stereocenters. The standard InChI is InChI=1S/C30H43N3O5/c1-19(2)17-24(31-29(37)38-30(6,7)8)28(36)33(15-16-34)26(23-14-9-11-20(3)18-23)27(35)32-25-21(4)12-10-13-22(25)5/h9-14,18-19,24,26,34H,15-17H2,1-8H3,(H,31,37)(H,32,35). The van der Waals surface area contributed by atoms with E-state index < -0.39 is 35.6 Å². The van der Waals surface area contributed by atoms with Gasteiger partial charge in [0.25, 0.3) is 5.91 Å². The van der Waals surface area contributed by atoms with Crippen LogP contribution in [0.4, 0.5) is 10.5 Å². The number of hydrogen-bond acceptors (Lipinski definition) is 5. The normalized spacial score (nSPS) is 13.0. The molecule has 0 spiro atoms. The summed E-state index contributed by atoms with van der Waals surface area (Å²) in [6.45, 7) is 14.4. The Kier molecular flexibility index (Phi) is 10.9. The largest absolute Gasteiger partial charge is 0.444 e. The van der Waals surface area contributed by atoms with Gasteiger partial charge in [-0.05, 0) is 70.6 Å². The molecule has 2 atom stereocenters. The van der Waals surface area contributed by atoms with Gasteiger partial charge in [-0.2, -0.15) is 0 Å². The number of amides is 3. The quantitative estimate of drug-likeness (QED) is 0.402. The molecule has 208 valence electrons. The lowest BCUT2D eigenvalue weighted by Gasteiger charge is -2.35. The summed E-state index contributed by atoms with van der Waals surface area (Å²) in [5.74, 6) is -0.812. The molecule has 0 aromatic heterocycles. The number of aryl methyl sites for hydroxylation is 3. The fourth-order valence-electron chi connectivity index (χ4n) is 4.33. The minimum absolute atomic E-state index is 0.0655. The lowest BCUT2D eigenvalue weighted by molar-refractivity contribution is -0.141. The SMILES string of the molecule is Cc1cccc(C(C(=O)Nc2c(C)cccc2C)N(CCO)C(=O)C(CC(C)C)NC(=O)OC(C)(C)C)c1. The van der Waals surface area contributed by atoms with E-state index in [1.807, 2.05) is 71.0 Å². The van der Waals surface area contributed by atoms with Crippen molar-refractivity contribution in [3.8, 4) is 0 Å². The third-order valence-corrected chi connectivity index (χ3v) is 5.97. The Labute approximate surface area is 226 Å². The average molecular weight is 526 g/mol. The number of anilines is 1. The van der Waals surface area contributed by atoms with Crippen molar-refractivity contribution in [3.05, 3.63) is 64.7 Å². The van der Waals surface area contributed by atoms with Crippen LogP contribution in [0, 0.1) is 26.7 Å². The Hall–Kier alpha value is -3.39. The van der Waals surface area contributed by atoms with Gasteiger partial charge < -0.3 is 25.4 Å². The second kappa shape index (κ2) is 13.4. The average Bonchev–Trinajstić information content (AvgIpc) is 2.79. The highest BCUT2D eigenvalue weighted by Gasteiger charge is 2.36. The van der Waals surface area contributed by atoms with Gasteiger partial charge in [0, 0.05) is 12.2 Å². The molecular weight excluding hydrogens is 482 g/mol. The van der Waals surface area contributed by atoms with Crippen molar-refractivity contribution in [2.45, 2.75) is 79.5 Å². The molecule has 3 amide bonds. The van der Waals surface area contributed by atoms with E-state index in [2.05, 4.69) is 10.6 Å². The maximum absolute atomic E-state index is 14.0. The second-order valence-electron chi connectivity index (χ2n) is 11.2. The van der Waals surface area contributed by atoms with Crippen LogP contribution in [0.25, 0.3) is 0 Å². The number of aliphatic hydroxyl groups excluding tert-OH is 1. The van der Waals surface area contributed by atoms with Crippen LogP contribution < -0.4 is 10.6 Å². The molecule has 3 N–H and O–H groups in total. The van der Waals surface area contributed by atoms with E-state index in [1.165, 1.54) is 4.90 Å². The molecule has 0 aliphatic heterocycles. The van der Waals surface area contributed by atoms with Crippen LogP contribution in [0.3, 0.4) is 0 Å². The van der Waals surface area contributed by atoms with E-state index >= 15 is 0 Å². The summed E-state index contributed by atoms with van der Waals surface area (Å²) >= 11 is 0. The first-order valence-electron chi connectivity index (χ1n) is 13.1. The number of hydrogen-bond donors (Lipinski definition) is 3. The fourth-order valence-corrected chi connectivity index (χ4v) is 4.33. The van der Waals surface area contributed by atoms with Crippen LogP contribution in [0.5, 0.6) is 0 Å². The predicted octanol–water partition coefficient (Wildman–Crippen LogP) is 5.05. The summed E-state index contributed by atoms with van der Waals surface area (Å²) in [5, 5.41) is 15.7. The number of nitrogens with zero attached hydrogens (tertiary/aromatic N) is 1. The van der Waals surface area contributed by atoms with Crippen LogP contribution in [0.15, 0.2) is 42.5 Å². The van der Waals surface area contributed by atoms with Crippen molar-refractivity contribution in [2.75, 3.05) is 18.5 Å². The molecule has 0 aliphatic carbocycles. The third kappa shape index (κ3) is 8.87. The van der Waals surface area contributed by atoms with Crippen molar-refractivity contribution in [2.24, 2.45) is 5.92 Å². The molecule has 0 saturated heterocycles. The minimum Gasteiger partial charge on any atom is -0.444 e. The molecule has 2 aromatic carbocycles. The van der Waals surface area contributed by atoms with Crippen LogP contribution in [-0.4, -0.2) is 52.7 Å². The third-order valence-electron chi connectivity index (χ3n) is 5.97. The molecule has 38 heavy (non-hydrogen) atoms. The van der Waals surface area contributed by atoms with E-state index in [1.54, 1.807) is 26.8 Å². The summed E-state index contributed by atoms with van der Waals surface area (Å²) in [6.07, 6.45) is -0.383. The summed E-state index contributed by atoms with van der Waals surface area (Å²) < 4.78 is 5.40. The number of alkyl carbamates (subject to hydrolysis) is 1. The van der Waals surface area contributed by atoms with Gasteiger partial charge in [0.2, 0.25) is 5.91 Å². The monoisotopic (exact) mass is 525 g/mol. The van der Waals surface area contributed by atoms with Crippen molar-refractivity contribution < 1.29 is 24.2 Å². The van der Waals surface area contributed by atoms with Crippen molar-refractivity contribution >= 4 is 23.6 Å². The van der Waals surface area contributed by atoms with Gasteiger partial charge in [0.15, 0.2) is 0 Å². The van der Waals surface area contributed by atoms with Crippen LogP contribution >= 0.6 is 0 Å². The Bertz CT molecular complexity index is 1100. The Morgan fingerprint density at radius 2 is 1.61 bits per heavy atom. The molecule has 2 aromatic rings. The molecule has 0 saturated carbocycles. The molecule has 0 heterocycles. The van der Waals surface area contributed by atoms with E-state index in [9.17, 15) is 19.5 Å². The molecule has 0 radical (unpaired) electrons. The predicted molar refractivity (Wildman–Crippen MR) is 150 cm³/mol. The Morgan fingerprint density at radius 3 is 2.13 bits per heavy atom. The molecule has 8 heteroatoms. The lowest BCUT2D eigenvalue weighted by atomic mass is 9.98. The van der Waals surface area contributed by atoms with E-state index in [4.69, 9.17) is 4.74 Å². The number of carbonyl (C=O) groups is 3. The van der Waals surface area contributed by atoms with Gasteiger partial charge in [0.05, 0.1) is 6.61 Å². The molecule has 2 rings (SSSR count). The maximum Gasteiger partial charge on any atom is 0.408 e. The second-order valence-corrected chi connectivity index (χ2v) is 11.2. The molecule has 8 nitrogen and oxygen atoms in total. The van der Waals surface area contributed by atoms with E-state index in [-0.39, 0.29) is 19.1 Å². The van der Waals surface area contributed by atoms with Gasteiger partial charge in [0.1, 0.15) is 17.7 Å². The Morgan fingerprint density at radius 1 is 1.00 bits per heavy atom. The number of rotatable bonds is 10. The number of para-hydroxylation sites is 1. The zero-order chi connectivity index (χ0) is 28.6. The van der Waals surface area contributed by atoms with Crippen LogP contribution in [0.1, 0.15) is 69.3 Å². The zero-order valence-electron chi connectivity index (χ0n) is 23.9. The highest BCUT2D eigenvalue weighted by molar-refractivity contribution is 6.00. The summed E-state index contributed by atoms with van der Waals surface area (Å²) in [6, 6.07) is 11.1. The maximum atomic E-state index is 14.0. The highest BCUT2D eigenvalue weighted by Crippen LogP contribution is 2.28. The van der Waals surface area contributed by atoms with Crippen molar-refractivity contribution in [3.63, 3.8) is 0 Å². The number of ether oxygens (including phenoxy) is 1. The summed E-state index contributed by atoms with van der Waals surface area (Å²) in [5.41, 5.74) is 3.26. The number of nitrogens with one attached hydrogen (secondary N) is 2. The van der Waals surface area contributed by atoms with Gasteiger partial charge in [-0.3, -0.25) is 9.59 Å². The summed E-state index contributed by atoms with van der Waals surface area (Å²) in [7, 11) is 0. The van der Waals surface area contributed by atoms with E-state index in [0.717, 1.165) is 16.7 Å². The van der Waals surface area contributed by atoms with Crippen LogP contribution in [0.2, 0.25) is 0 Å². The lowest BCUT2D eigenvalue weighted by Crippen LogP contribution is -2.53.